The Morgan fingerprint density at radius 2 is 2.21 bits per heavy atom. The first-order chi connectivity index (χ1) is 9.04. The molecule has 0 fully saturated rings. The largest absolute Gasteiger partial charge is 0.385 e. The van der Waals surface area contributed by atoms with Crippen molar-refractivity contribution in [2.45, 2.75) is 26.3 Å². The summed E-state index contributed by atoms with van der Waals surface area (Å²) in [5.74, 6) is -0.0106. The average Bonchev–Trinajstić information content (AvgIpc) is 2.37. The second-order valence-electron chi connectivity index (χ2n) is 4.49. The van der Waals surface area contributed by atoms with Crippen LogP contribution in [0.1, 0.15) is 18.9 Å². The van der Waals surface area contributed by atoms with E-state index in [9.17, 15) is 4.79 Å². The second kappa shape index (κ2) is 8.17. The van der Waals surface area contributed by atoms with Crippen LogP contribution < -0.4 is 10.6 Å². The normalized spacial score (nSPS) is 12.0. The Hall–Kier alpha value is -1.07. The summed E-state index contributed by atoms with van der Waals surface area (Å²) < 4.78 is 5.90. The maximum atomic E-state index is 11.9. The molecule has 0 saturated carbocycles. The summed E-state index contributed by atoms with van der Waals surface area (Å²) >= 11 is 3.49. The molecule has 106 valence electrons. The zero-order valence-electron chi connectivity index (χ0n) is 11.6. The molecule has 1 aromatic carbocycles. The molecule has 0 heterocycles. The van der Waals surface area contributed by atoms with Gasteiger partial charge < -0.3 is 15.4 Å². The first-order valence-corrected chi connectivity index (χ1v) is 7.13. The number of anilines is 1. The van der Waals surface area contributed by atoms with Gasteiger partial charge >= 0.3 is 0 Å². The number of rotatable bonds is 7. The smallest absolute Gasteiger partial charge is 0.242 e. The van der Waals surface area contributed by atoms with Gasteiger partial charge in [0.25, 0.3) is 0 Å². The fourth-order valence-corrected chi connectivity index (χ4v) is 2.22. The van der Waals surface area contributed by atoms with Crippen LogP contribution in [0.3, 0.4) is 0 Å². The third-order valence-electron chi connectivity index (χ3n) is 2.71. The van der Waals surface area contributed by atoms with Crippen LogP contribution in [-0.2, 0) is 9.53 Å². The Balaban J connectivity index is 2.45. The average molecular weight is 329 g/mol. The van der Waals surface area contributed by atoms with Crippen LogP contribution in [0.15, 0.2) is 22.7 Å². The molecular weight excluding hydrogens is 308 g/mol. The fraction of sp³-hybridized carbons (Fsp3) is 0.500. The predicted molar refractivity (Wildman–Crippen MR) is 81.5 cm³/mol. The third kappa shape index (κ3) is 5.61. The van der Waals surface area contributed by atoms with E-state index in [0.29, 0.717) is 13.2 Å². The van der Waals surface area contributed by atoms with Gasteiger partial charge in [0.05, 0.1) is 0 Å². The van der Waals surface area contributed by atoms with Crippen LogP contribution in [0.5, 0.6) is 0 Å². The summed E-state index contributed by atoms with van der Waals surface area (Å²) in [6, 6.07) is 5.72. The van der Waals surface area contributed by atoms with Crippen molar-refractivity contribution in [2.75, 3.05) is 25.6 Å². The maximum absolute atomic E-state index is 11.9. The molecule has 2 N–H and O–H groups in total. The number of carbonyl (C=O) groups is 1. The highest BCUT2D eigenvalue weighted by atomic mass is 79.9. The van der Waals surface area contributed by atoms with Gasteiger partial charge in [0, 0.05) is 30.4 Å². The topological polar surface area (TPSA) is 50.4 Å². The van der Waals surface area contributed by atoms with Gasteiger partial charge in [-0.25, -0.2) is 0 Å². The highest BCUT2D eigenvalue weighted by molar-refractivity contribution is 9.10. The Morgan fingerprint density at radius 3 is 2.84 bits per heavy atom. The fourth-order valence-electron chi connectivity index (χ4n) is 1.62. The van der Waals surface area contributed by atoms with Gasteiger partial charge in [-0.15, -0.1) is 0 Å². The molecule has 0 aromatic heterocycles. The molecule has 0 radical (unpaired) electrons. The second-order valence-corrected chi connectivity index (χ2v) is 5.34. The number of ether oxygens (including phenoxy) is 1. The molecule has 1 unspecified atom stereocenters. The van der Waals surface area contributed by atoms with Crippen LogP contribution >= 0.6 is 15.9 Å². The first-order valence-electron chi connectivity index (χ1n) is 6.34. The minimum atomic E-state index is -0.276. The van der Waals surface area contributed by atoms with Crippen LogP contribution in [0, 0.1) is 6.92 Å². The molecule has 1 aromatic rings. The van der Waals surface area contributed by atoms with E-state index in [1.807, 2.05) is 32.0 Å². The van der Waals surface area contributed by atoms with Gasteiger partial charge in [-0.3, -0.25) is 4.79 Å². The van der Waals surface area contributed by atoms with Gasteiger partial charge in [0.1, 0.15) is 6.04 Å². The molecular formula is C14H21BrN2O2. The number of carbonyl (C=O) groups excluding carboxylic acids is 1. The number of benzene rings is 1. The lowest BCUT2D eigenvalue weighted by molar-refractivity contribution is -0.121. The van der Waals surface area contributed by atoms with Crippen molar-refractivity contribution in [3.63, 3.8) is 0 Å². The Bertz CT molecular complexity index is 424. The number of aryl methyl sites for hydroxylation is 1. The lowest BCUT2D eigenvalue weighted by Crippen LogP contribution is -2.38. The lowest BCUT2D eigenvalue weighted by atomic mass is 10.2. The standard InChI is InChI=1S/C14H21BrN2O2/c1-10-5-6-13(12(15)9-10)17-11(2)14(18)16-7-4-8-19-3/h5-6,9,11,17H,4,7-8H2,1-3H3,(H,16,18). The summed E-state index contributed by atoms with van der Waals surface area (Å²) in [5, 5.41) is 6.06. The highest BCUT2D eigenvalue weighted by Gasteiger charge is 2.13. The van der Waals surface area contributed by atoms with Crippen LogP contribution in [0.4, 0.5) is 5.69 Å². The van der Waals surface area contributed by atoms with Crippen molar-refractivity contribution in [3.8, 4) is 0 Å². The van der Waals surface area contributed by atoms with Crippen molar-refractivity contribution in [1.82, 2.24) is 5.32 Å². The van der Waals surface area contributed by atoms with E-state index >= 15 is 0 Å². The van der Waals surface area contributed by atoms with E-state index in [1.165, 1.54) is 5.56 Å². The van der Waals surface area contributed by atoms with E-state index in [2.05, 4.69) is 26.6 Å². The third-order valence-corrected chi connectivity index (χ3v) is 3.37. The summed E-state index contributed by atoms with van der Waals surface area (Å²) in [6.45, 7) is 5.16. The molecule has 0 aliphatic rings. The molecule has 4 nitrogen and oxygen atoms in total. The summed E-state index contributed by atoms with van der Waals surface area (Å²) in [5.41, 5.74) is 2.10. The van der Waals surface area contributed by atoms with E-state index < -0.39 is 0 Å². The first kappa shape index (κ1) is 16.0. The van der Waals surface area contributed by atoms with Crippen LogP contribution in [-0.4, -0.2) is 32.2 Å². The molecule has 0 aliphatic carbocycles. The zero-order chi connectivity index (χ0) is 14.3. The van der Waals surface area contributed by atoms with Crippen LogP contribution in [0.25, 0.3) is 0 Å². The number of hydrogen-bond acceptors (Lipinski definition) is 3. The Morgan fingerprint density at radius 1 is 1.47 bits per heavy atom. The van der Waals surface area contributed by atoms with Crippen molar-refractivity contribution in [2.24, 2.45) is 0 Å². The number of nitrogens with one attached hydrogen (secondary N) is 2. The molecule has 19 heavy (non-hydrogen) atoms. The molecule has 1 rings (SSSR count). The number of halogens is 1. The van der Waals surface area contributed by atoms with E-state index in [1.54, 1.807) is 7.11 Å². The molecule has 0 bridgehead atoms. The van der Waals surface area contributed by atoms with Gasteiger partial charge in [0.15, 0.2) is 0 Å². The maximum Gasteiger partial charge on any atom is 0.242 e. The molecule has 0 saturated heterocycles. The zero-order valence-corrected chi connectivity index (χ0v) is 13.2. The van der Waals surface area contributed by atoms with Gasteiger partial charge in [-0.1, -0.05) is 6.07 Å². The number of methoxy groups -OCH3 is 1. The Kier molecular flexibility index (Phi) is 6.87. The van der Waals surface area contributed by atoms with E-state index in [-0.39, 0.29) is 11.9 Å². The summed E-state index contributed by atoms with van der Waals surface area (Å²) in [6.07, 6.45) is 0.823. The van der Waals surface area contributed by atoms with Crippen molar-refractivity contribution >= 4 is 27.5 Å². The SMILES string of the molecule is COCCCNC(=O)C(C)Nc1ccc(C)cc1Br. The monoisotopic (exact) mass is 328 g/mol. The molecule has 1 amide bonds. The molecule has 0 aliphatic heterocycles. The molecule has 5 heteroatoms. The summed E-state index contributed by atoms with van der Waals surface area (Å²) in [4.78, 5) is 11.9. The number of hydrogen-bond donors (Lipinski definition) is 2. The lowest BCUT2D eigenvalue weighted by Gasteiger charge is -2.16. The predicted octanol–water partition coefficient (Wildman–Crippen LogP) is 2.71. The highest BCUT2D eigenvalue weighted by Crippen LogP contribution is 2.23. The van der Waals surface area contributed by atoms with Crippen molar-refractivity contribution < 1.29 is 9.53 Å². The van der Waals surface area contributed by atoms with Crippen molar-refractivity contribution in [3.05, 3.63) is 28.2 Å². The Labute approximate surface area is 123 Å². The molecule has 1 atom stereocenters. The van der Waals surface area contributed by atoms with Gasteiger partial charge in [-0.2, -0.15) is 0 Å². The minimum absolute atomic E-state index is 0.0106. The van der Waals surface area contributed by atoms with E-state index in [4.69, 9.17) is 4.74 Å². The van der Waals surface area contributed by atoms with Crippen LogP contribution in [0.2, 0.25) is 0 Å². The van der Waals surface area contributed by atoms with Crippen molar-refractivity contribution in [1.29, 1.82) is 0 Å². The van der Waals surface area contributed by atoms with Gasteiger partial charge in [-0.05, 0) is 53.9 Å². The number of amides is 1. The molecule has 0 spiro atoms. The van der Waals surface area contributed by atoms with Gasteiger partial charge in [0.2, 0.25) is 5.91 Å². The summed E-state index contributed by atoms with van der Waals surface area (Å²) in [7, 11) is 1.65. The van der Waals surface area contributed by atoms with E-state index in [0.717, 1.165) is 16.6 Å². The quantitative estimate of drug-likeness (QED) is 0.756. The minimum Gasteiger partial charge on any atom is -0.385 e.